The number of rotatable bonds is 7. The number of hydrogen-bond acceptors (Lipinski definition) is 3. The molecule has 11 aromatic rings. The van der Waals surface area contributed by atoms with Crippen LogP contribution in [0.3, 0.4) is 0 Å². The van der Waals surface area contributed by atoms with E-state index in [9.17, 15) is 0 Å². The Balaban J connectivity index is 1.19. The normalized spacial score (nSPS) is 11.5. The molecule has 4 aromatic heterocycles. The zero-order chi connectivity index (χ0) is 37.7. The highest BCUT2D eigenvalue weighted by Gasteiger charge is 2.20. The molecule has 5 nitrogen and oxygen atoms in total. The smallest absolute Gasteiger partial charge is 0.0541 e. The lowest BCUT2D eigenvalue weighted by Gasteiger charge is -2.28. The van der Waals surface area contributed by atoms with Crippen molar-refractivity contribution >= 4 is 60.7 Å². The van der Waals surface area contributed by atoms with E-state index >= 15 is 0 Å². The molecule has 5 heteroatoms. The molecule has 4 heterocycles. The molecular formula is C52H35N5. The van der Waals surface area contributed by atoms with Crippen molar-refractivity contribution in [3.8, 4) is 33.6 Å². The molecule has 0 aliphatic rings. The van der Waals surface area contributed by atoms with Gasteiger partial charge in [0.25, 0.3) is 0 Å². The second-order valence-electron chi connectivity index (χ2n) is 14.3. The van der Waals surface area contributed by atoms with Crippen LogP contribution in [0.1, 0.15) is 0 Å². The van der Waals surface area contributed by atoms with Gasteiger partial charge in [-0.05, 0) is 113 Å². The van der Waals surface area contributed by atoms with Crippen LogP contribution in [0.4, 0.5) is 17.1 Å². The van der Waals surface area contributed by atoms with E-state index in [1.807, 2.05) is 24.8 Å². The molecule has 0 aliphatic carbocycles. The van der Waals surface area contributed by atoms with Crippen molar-refractivity contribution in [3.63, 3.8) is 0 Å². The maximum atomic E-state index is 4.24. The molecule has 0 radical (unpaired) electrons. The first-order chi connectivity index (χ1) is 28.3. The fraction of sp³-hybridized carbons (Fsp3) is 0. The van der Waals surface area contributed by atoms with E-state index in [4.69, 9.17) is 0 Å². The summed E-state index contributed by atoms with van der Waals surface area (Å²) in [5.74, 6) is 0. The van der Waals surface area contributed by atoms with Crippen LogP contribution in [0.2, 0.25) is 0 Å². The van der Waals surface area contributed by atoms with Crippen molar-refractivity contribution in [2.45, 2.75) is 0 Å². The van der Waals surface area contributed by atoms with Crippen LogP contribution in [-0.2, 0) is 0 Å². The third kappa shape index (κ3) is 5.56. The zero-order valence-electron chi connectivity index (χ0n) is 30.9. The lowest BCUT2D eigenvalue weighted by molar-refractivity contribution is 1.12. The van der Waals surface area contributed by atoms with Crippen LogP contribution in [0, 0.1) is 0 Å². The Morgan fingerprint density at radius 3 is 0.965 bits per heavy atom. The fourth-order valence-electron chi connectivity index (χ4n) is 8.51. The van der Waals surface area contributed by atoms with Crippen molar-refractivity contribution in [2.75, 3.05) is 4.90 Å². The number of hydrogen-bond donors (Lipinski definition) is 0. The van der Waals surface area contributed by atoms with Gasteiger partial charge in [-0.2, -0.15) is 0 Å². The van der Waals surface area contributed by atoms with Crippen LogP contribution in [-0.4, -0.2) is 19.1 Å². The summed E-state index contributed by atoms with van der Waals surface area (Å²) in [5.41, 5.74) is 14.5. The highest BCUT2D eigenvalue weighted by molar-refractivity contribution is 6.10. The topological polar surface area (TPSA) is 38.9 Å². The number of pyridine rings is 2. The van der Waals surface area contributed by atoms with Gasteiger partial charge in [-0.3, -0.25) is 9.97 Å². The lowest BCUT2D eigenvalue weighted by Crippen LogP contribution is -2.12. The van der Waals surface area contributed by atoms with Crippen molar-refractivity contribution in [3.05, 3.63) is 213 Å². The van der Waals surface area contributed by atoms with Gasteiger partial charge >= 0.3 is 0 Å². The van der Waals surface area contributed by atoms with Crippen molar-refractivity contribution in [2.24, 2.45) is 0 Å². The summed E-state index contributed by atoms with van der Waals surface area (Å²) >= 11 is 0. The molecule has 0 bridgehead atoms. The summed E-state index contributed by atoms with van der Waals surface area (Å²) in [5, 5.41) is 4.92. The van der Waals surface area contributed by atoms with E-state index in [2.05, 4.69) is 212 Å². The minimum atomic E-state index is 1.04. The lowest BCUT2D eigenvalue weighted by atomic mass is 10.0. The fourth-order valence-corrected chi connectivity index (χ4v) is 8.51. The van der Waals surface area contributed by atoms with Gasteiger partial charge < -0.3 is 14.0 Å². The van der Waals surface area contributed by atoms with E-state index < -0.39 is 0 Å². The maximum Gasteiger partial charge on any atom is 0.0541 e. The zero-order valence-corrected chi connectivity index (χ0v) is 30.9. The molecule has 0 aliphatic heterocycles. The summed E-state index contributed by atoms with van der Waals surface area (Å²) in [6, 6.07) is 67.8. The highest BCUT2D eigenvalue weighted by Crippen LogP contribution is 2.42. The molecule has 268 valence electrons. The average molecular weight is 730 g/mol. The monoisotopic (exact) mass is 729 g/mol. The number of anilines is 3. The Kier molecular flexibility index (Phi) is 7.74. The third-order valence-corrected chi connectivity index (χ3v) is 11.1. The van der Waals surface area contributed by atoms with E-state index in [-0.39, 0.29) is 0 Å². The molecule has 0 N–H and O–H groups in total. The average Bonchev–Trinajstić information content (AvgIpc) is 3.81. The van der Waals surface area contributed by atoms with Gasteiger partial charge in [0.1, 0.15) is 0 Å². The van der Waals surface area contributed by atoms with E-state index in [0.717, 1.165) is 50.7 Å². The van der Waals surface area contributed by atoms with Crippen LogP contribution < -0.4 is 4.90 Å². The van der Waals surface area contributed by atoms with E-state index in [1.54, 1.807) is 0 Å². The highest BCUT2D eigenvalue weighted by atomic mass is 15.1. The van der Waals surface area contributed by atoms with Gasteiger partial charge in [0, 0.05) is 57.7 Å². The van der Waals surface area contributed by atoms with Gasteiger partial charge in [0.2, 0.25) is 0 Å². The van der Waals surface area contributed by atoms with E-state index in [1.165, 1.54) is 43.6 Å². The van der Waals surface area contributed by atoms with Gasteiger partial charge in [-0.15, -0.1) is 0 Å². The predicted molar refractivity (Wildman–Crippen MR) is 236 cm³/mol. The van der Waals surface area contributed by atoms with E-state index in [0.29, 0.717) is 0 Å². The molecule has 0 atom stereocenters. The van der Waals surface area contributed by atoms with Gasteiger partial charge in [-0.25, -0.2) is 0 Å². The molecule has 0 saturated carbocycles. The van der Waals surface area contributed by atoms with Crippen LogP contribution in [0.5, 0.6) is 0 Å². The quantitative estimate of drug-likeness (QED) is 0.164. The Morgan fingerprint density at radius 1 is 0.298 bits per heavy atom. The molecule has 0 fully saturated rings. The summed E-state index contributed by atoms with van der Waals surface area (Å²) in [4.78, 5) is 10.9. The number of para-hydroxylation sites is 4. The molecule has 0 spiro atoms. The third-order valence-electron chi connectivity index (χ3n) is 11.1. The molecule has 11 rings (SSSR count). The Morgan fingerprint density at radius 2 is 0.614 bits per heavy atom. The number of aromatic nitrogens is 4. The van der Waals surface area contributed by atoms with Gasteiger partial charge in [0.15, 0.2) is 0 Å². The summed E-state index contributed by atoms with van der Waals surface area (Å²) in [7, 11) is 0. The standard InChI is InChI=1S/C52H35N5/c1-5-13-49-45(9-1)46-10-2-6-14-50(46)56(49)43-33-42(34-44(35-43)57-51-15-7-3-11-47(51)48-12-4-8-16-52(48)57)55(40-21-17-36(18-22-40)38-25-29-53-30-26-38)41-23-19-37(20-24-41)39-27-31-54-32-28-39/h1-35H. The Hall–Kier alpha value is -7.76. The maximum absolute atomic E-state index is 4.24. The molecule has 0 amide bonds. The molecule has 0 unspecified atom stereocenters. The van der Waals surface area contributed by atoms with Gasteiger partial charge in [0.05, 0.1) is 39.1 Å². The van der Waals surface area contributed by atoms with Crippen molar-refractivity contribution in [1.29, 1.82) is 0 Å². The number of fused-ring (bicyclic) bond motifs is 6. The van der Waals surface area contributed by atoms with Crippen LogP contribution >= 0.6 is 0 Å². The largest absolute Gasteiger partial charge is 0.310 e. The van der Waals surface area contributed by atoms with Crippen LogP contribution in [0.25, 0.3) is 77.2 Å². The Bertz CT molecular complexity index is 2900. The molecule has 57 heavy (non-hydrogen) atoms. The van der Waals surface area contributed by atoms with Gasteiger partial charge in [-0.1, -0.05) is 97.1 Å². The van der Waals surface area contributed by atoms with Crippen molar-refractivity contribution in [1.82, 2.24) is 19.1 Å². The minimum absolute atomic E-state index is 1.04. The molecular weight excluding hydrogens is 695 g/mol. The second kappa shape index (κ2) is 13.5. The summed E-state index contributed by atoms with van der Waals surface area (Å²) in [6.07, 6.45) is 7.37. The Labute approximate surface area is 330 Å². The summed E-state index contributed by atoms with van der Waals surface area (Å²) in [6.45, 7) is 0. The first-order valence-electron chi connectivity index (χ1n) is 19.2. The number of nitrogens with zero attached hydrogens (tertiary/aromatic N) is 5. The predicted octanol–water partition coefficient (Wildman–Crippen LogP) is 13.5. The first kappa shape index (κ1) is 32.7. The number of benzene rings is 7. The SMILES string of the molecule is c1ccc2c(c1)c1ccccc1n2-c1cc(N(c2ccc(-c3ccncc3)cc2)c2ccc(-c3ccncc3)cc2)cc(-n2c3ccccc3c3ccccc32)c1. The summed E-state index contributed by atoms with van der Waals surface area (Å²) < 4.78 is 4.84. The molecule has 0 saturated heterocycles. The first-order valence-corrected chi connectivity index (χ1v) is 19.2. The van der Waals surface area contributed by atoms with Crippen LogP contribution in [0.15, 0.2) is 213 Å². The second-order valence-corrected chi connectivity index (χ2v) is 14.3. The molecule has 7 aromatic carbocycles. The van der Waals surface area contributed by atoms with Crippen molar-refractivity contribution < 1.29 is 0 Å². The minimum Gasteiger partial charge on any atom is -0.310 e.